The van der Waals surface area contributed by atoms with E-state index in [0.29, 0.717) is 0 Å². The van der Waals surface area contributed by atoms with Crippen molar-refractivity contribution in [3.8, 4) is 0 Å². The summed E-state index contributed by atoms with van der Waals surface area (Å²) < 4.78 is 23.6. The molecule has 0 aliphatic heterocycles. The third-order valence-corrected chi connectivity index (χ3v) is 2.62. The van der Waals surface area contributed by atoms with Crippen molar-refractivity contribution in [1.29, 1.82) is 0 Å². The van der Waals surface area contributed by atoms with Crippen molar-refractivity contribution in [2.75, 3.05) is 13.2 Å². The van der Waals surface area contributed by atoms with Gasteiger partial charge in [0.1, 0.15) is 17.4 Å². The van der Waals surface area contributed by atoms with Crippen molar-refractivity contribution < 1.29 is 28.2 Å². The summed E-state index contributed by atoms with van der Waals surface area (Å²) >= 11 is 0. The molecule has 0 N–H and O–H groups in total. The van der Waals surface area contributed by atoms with Gasteiger partial charge in [0.25, 0.3) is 0 Å². The monoisotopic (exact) mass is 276 g/mol. The number of ether oxygens (including phenoxy) is 2. The van der Waals surface area contributed by atoms with Crippen LogP contribution in [0.1, 0.15) is 40.5 Å². The maximum Gasteiger partial charge on any atom is 0.316 e. The second-order valence-electron chi connectivity index (χ2n) is 4.62. The molecule has 0 aromatic carbocycles. The molecule has 0 bridgehead atoms. The minimum Gasteiger partial charge on any atom is -0.466 e. The molecule has 0 amide bonds. The Bertz CT molecular complexity index is 338. The third-order valence-electron chi connectivity index (χ3n) is 2.62. The Hall–Kier alpha value is -1.46. The van der Waals surface area contributed by atoms with Gasteiger partial charge in [-0.3, -0.25) is 14.4 Å². The van der Waals surface area contributed by atoms with Gasteiger partial charge in [-0.25, -0.2) is 4.39 Å². The summed E-state index contributed by atoms with van der Waals surface area (Å²) in [4.78, 5) is 33.5. The van der Waals surface area contributed by atoms with E-state index in [1.807, 2.05) is 0 Å². The number of ketones is 1. The van der Waals surface area contributed by atoms with Gasteiger partial charge >= 0.3 is 11.9 Å². The number of carbonyl (C=O) groups is 3. The summed E-state index contributed by atoms with van der Waals surface area (Å²) in [5, 5.41) is 0. The Morgan fingerprint density at radius 1 is 1.21 bits per heavy atom. The Morgan fingerprint density at radius 2 is 1.79 bits per heavy atom. The lowest BCUT2D eigenvalue weighted by atomic mass is 9.89. The highest BCUT2D eigenvalue weighted by molar-refractivity contribution is 5.97. The van der Waals surface area contributed by atoms with Crippen molar-refractivity contribution in [2.45, 2.75) is 46.2 Å². The summed E-state index contributed by atoms with van der Waals surface area (Å²) in [5.74, 6) is -2.77. The number of carbonyl (C=O) groups excluding carboxylic acids is 3. The predicted molar refractivity (Wildman–Crippen MR) is 66.2 cm³/mol. The number of hydrogen-bond donors (Lipinski definition) is 0. The van der Waals surface area contributed by atoms with Crippen molar-refractivity contribution in [3.05, 3.63) is 0 Å². The molecule has 0 fully saturated rings. The average Bonchev–Trinajstić information content (AvgIpc) is 2.25. The first kappa shape index (κ1) is 17.5. The molecule has 0 rings (SSSR count). The molecule has 19 heavy (non-hydrogen) atoms. The van der Waals surface area contributed by atoms with Gasteiger partial charge in [-0.15, -0.1) is 0 Å². The second kappa shape index (κ2) is 7.86. The van der Waals surface area contributed by atoms with Crippen molar-refractivity contribution in [2.24, 2.45) is 5.92 Å². The lowest BCUT2D eigenvalue weighted by Gasteiger charge is -2.23. The zero-order valence-corrected chi connectivity index (χ0v) is 11.8. The molecular formula is C13H21FO5. The quantitative estimate of drug-likeness (QED) is 0.499. The Balaban J connectivity index is 4.51. The lowest BCUT2D eigenvalue weighted by Crippen LogP contribution is -2.33. The number of Topliss-reactive ketones (excluding diaryl/α,β-unsaturated/α-hetero) is 1. The minimum absolute atomic E-state index is 0.0736. The largest absolute Gasteiger partial charge is 0.466 e. The van der Waals surface area contributed by atoms with Crippen LogP contribution in [-0.4, -0.2) is 36.6 Å². The zero-order chi connectivity index (χ0) is 15.1. The molecule has 2 atom stereocenters. The Labute approximate surface area is 112 Å². The molecule has 0 heterocycles. The number of alkyl halides is 1. The summed E-state index contributed by atoms with van der Waals surface area (Å²) in [7, 11) is 0. The first-order valence-corrected chi connectivity index (χ1v) is 6.19. The molecule has 6 heteroatoms. The first-order valence-electron chi connectivity index (χ1n) is 6.19. The van der Waals surface area contributed by atoms with E-state index >= 15 is 0 Å². The number of hydrogen-bond acceptors (Lipinski definition) is 5. The summed E-state index contributed by atoms with van der Waals surface area (Å²) in [6, 6.07) is 0. The Kier molecular flexibility index (Phi) is 7.26. The van der Waals surface area contributed by atoms with Crippen LogP contribution in [0.15, 0.2) is 0 Å². The van der Waals surface area contributed by atoms with Crippen LogP contribution < -0.4 is 0 Å². The highest BCUT2D eigenvalue weighted by Gasteiger charge is 2.35. The van der Waals surface area contributed by atoms with E-state index in [2.05, 4.69) is 4.74 Å². The van der Waals surface area contributed by atoms with Gasteiger partial charge in [0.15, 0.2) is 0 Å². The first-order chi connectivity index (χ1) is 8.69. The predicted octanol–water partition coefficient (Wildman–Crippen LogP) is 1.83. The van der Waals surface area contributed by atoms with Gasteiger partial charge in [-0.2, -0.15) is 0 Å². The van der Waals surface area contributed by atoms with Crippen LogP contribution in [0.4, 0.5) is 4.39 Å². The fourth-order valence-electron chi connectivity index (χ4n) is 1.57. The molecule has 0 aliphatic rings. The van der Waals surface area contributed by atoms with Crippen molar-refractivity contribution in [3.63, 3.8) is 0 Å². The topological polar surface area (TPSA) is 69.7 Å². The molecule has 0 aromatic heterocycles. The van der Waals surface area contributed by atoms with Crippen LogP contribution in [0, 0.1) is 5.92 Å². The van der Waals surface area contributed by atoms with E-state index in [9.17, 15) is 18.8 Å². The van der Waals surface area contributed by atoms with E-state index < -0.39 is 29.3 Å². The van der Waals surface area contributed by atoms with Crippen LogP contribution in [0.2, 0.25) is 0 Å². The zero-order valence-electron chi connectivity index (χ0n) is 11.8. The average molecular weight is 276 g/mol. The maximum atomic E-state index is 14.2. The van der Waals surface area contributed by atoms with Crippen LogP contribution in [0.25, 0.3) is 0 Å². The number of esters is 2. The van der Waals surface area contributed by atoms with Gasteiger partial charge in [-0.05, 0) is 20.8 Å². The van der Waals surface area contributed by atoms with E-state index in [0.717, 1.165) is 0 Å². The highest BCUT2D eigenvalue weighted by atomic mass is 19.1. The maximum absolute atomic E-state index is 14.2. The second-order valence-corrected chi connectivity index (χ2v) is 4.62. The summed E-state index contributed by atoms with van der Waals surface area (Å²) in [6.45, 7) is 5.39. The molecular weight excluding hydrogens is 255 g/mol. The van der Waals surface area contributed by atoms with Gasteiger partial charge in [0, 0.05) is 19.8 Å². The van der Waals surface area contributed by atoms with Gasteiger partial charge < -0.3 is 9.47 Å². The molecule has 0 radical (unpaired) electrons. The van der Waals surface area contributed by atoms with Crippen molar-refractivity contribution >= 4 is 17.7 Å². The van der Waals surface area contributed by atoms with Crippen LogP contribution in [-0.2, 0) is 23.9 Å². The third kappa shape index (κ3) is 7.54. The smallest absolute Gasteiger partial charge is 0.316 e. The van der Waals surface area contributed by atoms with Gasteiger partial charge in [-0.1, -0.05) is 0 Å². The Morgan fingerprint density at radius 3 is 2.21 bits per heavy atom. The van der Waals surface area contributed by atoms with E-state index in [-0.39, 0.29) is 26.1 Å². The molecule has 2 unspecified atom stereocenters. The highest BCUT2D eigenvalue weighted by Crippen LogP contribution is 2.26. The number of rotatable bonds is 8. The molecule has 5 nitrogen and oxygen atoms in total. The van der Waals surface area contributed by atoms with E-state index in [1.54, 1.807) is 6.92 Å². The van der Waals surface area contributed by atoms with E-state index in [1.165, 1.54) is 20.8 Å². The van der Waals surface area contributed by atoms with Gasteiger partial charge in [0.05, 0.1) is 13.2 Å². The van der Waals surface area contributed by atoms with Crippen LogP contribution in [0.3, 0.4) is 0 Å². The van der Waals surface area contributed by atoms with Crippen molar-refractivity contribution in [1.82, 2.24) is 0 Å². The van der Waals surface area contributed by atoms with Gasteiger partial charge in [0.2, 0.25) is 0 Å². The molecule has 0 saturated carbocycles. The molecule has 0 spiro atoms. The fourth-order valence-corrected chi connectivity index (χ4v) is 1.57. The fraction of sp³-hybridized carbons (Fsp3) is 0.769. The normalized spacial score (nSPS) is 15.2. The SMILES string of the molecule is CCOC(=O)C(CC(C)(F)CCOC(C)=O)C(C)=O. The lowest BCUT2D eigenvalue weighted by molar-refractivity contribution is -0.153. The summed E-state index contributed by atoms with van der Waals surface area (Å²) in [6.07, 6.45) is -0.349. The summed E-state index contributed by atoms with van der Waals surface area (Å²) in [5.41, 5.74) is -1.78. The molecule has 0 aliphatic carbocycles. The molecule has 110 valence electrons. The van der Waals surface area contributed by atoms with Crippen LogP contribution >= 0.6 is 0 Å². The minimum atomic E-state index is -1.78. The number of halogens is 1. The van der Waals surface area contributed by atoms with Crippen LogP contribution in [0.5, 0.6) is 0 Å². The standard InChI is InChI=1S/C13H21FO5/c1-5-18-12(17)11(9(2)15)8-13(4,14)6-7-19-10(3)16/h11H,5-8H2,1-4H3. The molecule has 0 saturated heterocycles. The van der Waals surface area contributed by atoms with E-state index in [4.69, 9.17) is 4.74 Å². The molecule has 0 aromatic rings.